The molecular weight excluding hydrogens is 286 g/mol. The van der Waals surface area contributed by atoms with Crippen LogP contribution in [0.25, 0.3) is 0 Å². The van der Waals surface area contributed by atoms with Crippen LogP contribution in [0.5, 0.6) is 0 Å². The second-order valence-electron chi connectivity index (χ2n) is 6.56. The van der Waals surface area contributed by atoms with Crippen LogP contribution >= 0.6 is 11.3 Å². The van der Waals surface area contributed by atoms with Gasteiger partial charge in [-0.05, 0) is 34.6 Å². The van der Waals surface area contributed by atoms with Gasteiger partial charge in [0.1, 0.15) is 10.6 Å². The number of hydrogen-bond donors (Lipinski definition) is 0. The van der Waals surface area contributed by atoms with Crippen LogP contribution in [0.15, 0.2) is 11.6 Å². The Balaban J connectivity index is 1.94. The molecule has 0 bridgehead atoms. The minimum atomic E-state index is -0.439. The van der Waals surface area contributed by atoms with Crippen LogP contribution in [0.2, 0.25) is 0 Å². The first kappa shape index (κ1) is 16.2. The van der Waals surface area contributed by atoms with Gasteiger partial charge >= 0.3 is 6.09 Å². The van der Waals surface area contributed by atoms with E-state index in [2.05, 4.69) is 23.7 Å². The first-order valence-corrected chi connectivity index (χ1v) is 8.29. The Morgan fingerprint density at radius 1 is 1.48 bits per heavy atom. The summed E-state index contributed by atoms with van der Waals surface area (Å²) >= 11 is 1.68. The zero-order valence-electron chi connectivity index (χ0n) is 13.5. The molecule has 0 saturated carbocycles. The van der Waals surface area contributed by atoms with Crippen molar-refractivity contribution in [2.24, 2.45) is 0 Å². The Labute approximate surface area is 130 Å². The summed E-state index contributed by atoms with van der Waals surface area (Å²) in [6.07, 6.45) is 1.63. The summed E-state index contributed by atoms with van der Waals surface area (Å²) in [5, 5.41) is 3.14. The van der Waals surface area contributed by atoms with E-state index in [1.54, 1.807) is 16.2 Å². The van der Waals surface area contributed by atoms with E-state index in [9.17, 15) is 4.79 Å². The number of ether oxygens (including phenoxy) is 1. The van der Waals surface area contributed by atoms with Crippen LogP contribution in [0.3, 0.4) is 0 Å². The number of rotatable bonds is 2. The summed E-state index contributed by atoms with van der Waals surface area (Å²) in [5.41, 5.74) is -0.439. The van der Waals surface area contributed by atoms with E-state index < -0.39 is 5.60 Å². The second kappa shape index (κ2) is 6.32. The number of piperazine rings is 1. The third kappa shape index (κ3) is 4.17. The zero-order valence-corrected chi connectivity index (χ0v) is 14.3. The molecule has 6 heteroatoms. The fraction of sp³-hybridized carbons (Fsp3) is 0.733. The largest absolute Gasteiger partial charge is 0.444 e. The SMILES string of the molecule is C[C@H]1CN(C(=O)OC(C)(C)C)CCN1[C@@H](C)c1nccs1. The molecule has 2 atom stereocenters. The van der Waals surface area contributed by atoms with Gasteiger partial charge in [0.05, 0.1) is 6.04 Å². The lowest BCUT2D eigenvalue weighted by Crippen LogP contribution is -2.54. The Bertz CT molecular complexity index is 470. The molecule has 0 aliphatic carbocycles. The Morgan fingerprint density at radius 3 is 2.71 bits per heavy atom. The molecule has 118 valence electrons. The normalized spacial score (nSPS) is 22.1. The molecule has 21 heavy (non-hydrogen) atoms. The van der Waals surface area contributed by atoms with Gasteiger partial charge in [-0.2, -0.15) is 0 Å². The zero-order chi connectivity index (χ0) is 15.6. The van der Waals surface area contributed by atoms with Crippen molar-refractivity contribution in [2.45, 2.75) is 52.3 Å². The number of carbonyl (C=O) groups is 1. The highest BCUT2D eigenvalue weighted by Gasteiger charge is 2.32. The molecule has 1 aliphatic rings. The molecule has 0 spiro atoms. The van der Waals surface area contributed by atoms with Gasteiger partial charge < -0.3 is 9.64 Å². The monoisotopic (exact) mass is 311 g/mol. The van der Waals surface area contributed by atoms with Crippen molar-refractivity contribution in [1.82, 2.24) is 14.8 Å². The molecule has 0 aromatic carbocycles. The van der Waals surface area contributed by atoms with Gasteiger partial charge in [0.25, 0.3) is 0 Å². The molecule has 5 nitrogen and oxygen atoms in total. The third-order valence-corrected chi connectivity index (χ3v) is 4.58. The van der Waals surface area contributed by atoms with Gasteiger partial charge in [0, 0.05) is 37.3 Å². The summed E-state index contributed by atoms with van der Waals surface area (Å²) in [5.74, 6) is 0. The lowest BCUT2D eigenvalue weighted by atomic mass is 10.1. The lowest BCUT2D eigenvalue weighted by Gasteiger charge is -2.42. The quantitative estimate of drug-likeness (QED) is 0.842. The van der Waals surface area contributed by atoms with Crippen molar-refractivity contribution < 1.29 is 9.53 Å². The number of nitrogens with zero attached hydrogens (tertiary/aromatic N) is 3. The van der Waals surface area contributed by atoms with E-state index in [0.717, 1.165) is 11.6 Å². The van der Waals surface area contributed by atoms with Crippen molar-refractivity contribution in [1.29, 1.82) is 0 Å². The van der Waals surface area contributed by atoms with Gasteiger partial charge in [0.15, 0.2) is 0 Å². The highest BCUT2D eigenvalue weighted by atomic mass is 32.1. The van der Waals surface area contributed by atoms with Crippen LogP contribution in [0.4, 0.5) is 4.79 Å². The van der Waals surface area contributed by atoms with Crippen LogP contribution < -0.4 is 0 Å². The lowest BCUT2D eigenvalue weighted by molar-refractivity contribution is -0.000724. The number of amides is 1. The minimum absolute atomic E-state index is 0.212. The molecule has 1 aromatic heterocycles. The maximum absolute atomic E-state index is 12.1. The third-order valence-electron chi connectivity index (χ3n) is 3.64. The van der Waals surface area contributed by atoms with Crippen LogP contribution in [-0.2, 0) is 4.74 Å². The average molecular weight is 311 g/mol. The van der Waals surface area contributed by atoms with Crippen LogP contribution in [-0.4, -0.2) is 52.2 Å². The smallest absolute Gasteiger partial charge is 0.410 e. The summed E-state index contributed by atoms with van der Waals surface area (Å²) in [7, 11) is 0. The fourth-order valence-corrected chi connectivity index (χ4v) is 3.34. The first-order valence-electron chi connectivity index (χ1n) is 7.41. The highest BCUT2D eigenvalue weighted by molar-refractivity contribution is 7.09. The van der Waals surface area contributed by atoms with Crippen molar-refractivity contribution in [3.63, 3.8) is 0 Å². The highest BCUT2D eigenvalue weighted by Crippen LogP contribution is 2.26. The van der Waals surface area contributed by atoms with Crippen molar-refractivity contribution in [3.05, 3.63) is 16.6 Å². The second-order valence-corrected chi connectivity index (χ2v) is 7.49. The van der Waals surface area contributed by atoms with Crippen LogP contribution in [0, 0.1) is 0 Å². The molecule has 0 N–H and O–H groups in total. The van der Waals surface area contributed by atoms with Crippen LogP contribution in [0.1, 0.15) is 45.7 Å². The molecule has 1 fully saturated rings. The molecule has 2 heterocycles. The van der Waals surface area contributed by atoms with Gasteiger partial charge in [-0.25, -0.2) is 9.78 Å². The summed E-state index contributed by atoms with van der Waals surface area (Å²) < 4.78 is 5.45. The van der Waals surface area contributed by atoms with E-state index in [4.69, 9.17) is 4.74 Å². The fourth-order valence-electron chi connectivity index (χ4n) is 2.62. The Hall–Kier alpha value is -1.14. The summed E-state index contributed by atoms with van der Waals surface area (Å²) in [6, 6.07) is 0.589. The van der Waals surface area contributed by atoms with E-state index in [0.29, 0.717) is 25.2 Å². The standard InChI is InChI=1S/C15H25N3O2S/c1-11-10-17(14(19)20-15(3,4)5)7-8-18(11)12(2)13-16-6-9-21-13/h6,9,11-12H,7-8,10H2,1-5H3/t11-,12-/m0/s1. The maximum atomic E-state index is 12.1. The number of carbonyl (C=O) groups excluding carboxylic acids is 1. The van der Waals surface area contributed by atoms with Crippen molar-refractivity contribution in [3.8, 4) is 0 Å². The molecular formula is C15H25N3O2S. The van der Waals surface area contributed by atoms with E-state index in [-0.39, 0.29) is 6.09 Å². The summed E-state index contributed by atoms with van der Waals surface area (Å²) in [6.45, 7) is 12.3. The van der Waals surface area contributed by atoms with E-state index in [1.807, 2.05) is 32.3 Å². The predicted molar refractivity (Wildman–Crippen MR) is 84.5 cm³/mol. The number of aromatic nitrogens is 1. The van der Waals surface area contributed by atoms with Gasteiger partial charge in [-0.1, -0.05) is 0 Å². The van der Waals surface area contributed by atoms with Gasteiger partial charge in [-0.3, -0.25) is 4.90 Å². The maximum Gasteiger partial charge on any atom is 0.410 e. The predicted octanol–water partition coefficient (Wildman–Crippen LogP) is 3.15. The molecule has 1 saturated heterocycles. The molecule has 1 aromatic rings. The molecule has 1 aliphatic heterocycles. The minimum Gasteiger partial charge on any atom is -0.444 e. The summed E-state index contributed by atoms with van der Waals surface area (Å²) in [4.78, 5) is 20.7. The molecule has 0 unspecified atom stereocenters. The van der Waals surface area contributed by atoms with Crippen molar-refractivity contribution in [2.75, 3.05) is 19.6 Å². The molecule has 2 rings (SSSR count). The average Bonchev–Trinajstić information content (AvgIpc) is 2.89. The Kier molecular flexibility index (Phi) is 4.88. The van der Waals surface area contributed by atoms with E-state index in [1.165, 1.54) is 0 Å². The number of hydrogen-bond acceptors (Lipinski definition) is 5. The topological polar surface area (TPSA) is 45.7 Å². The van der Waals surface area contributed by atoms with Gasteiger partial charge in [-0.15, -0.1) is 11.3 Å². The molecule has 0 radical (unpaired) electrons. The Morgan fingerprint density at radius 2 is 2.19 bits per heavy atom. The van der Waals surface area contributed by atoms with Gasteiger partial charge in [0.2, 0.25) is 0 Å². The first-order chi connectivity index (χ1) is 9.78. The van der Waals surface area contributed by atoms with E-state index >= 15 is 0 Å². The number of thiazole rings is 1. The van der Waals surface area contributed by atoms with Crippen molar-refractivity contribution >= 4 is 17.4 Å². The molecule has 1 amide bonds.